The van der Waals surface area contributed by atoms with Crippen LogP contribution in [-0.4, -0.2) is 42.6 Å². The Morgan fingerprint density at radius 3 is 2.45 bits per heavy atom. The van der Waals surface area contributed by atoms with Crippen LogP contribution in [0.25, 0.3) is 0 Å². The number of ether oxygens (including phenoxy) is 2. The highest BCUT2D eigenvalue weighted by Crippen LogP contribution is 2.43. The van der Waals surface area contributed by atoms with Crippen LogP contribution in [-0.2, 0) is 9.53 Å². The van der Waals surface area contributed by atoms with Crippen molar-refractivity contribution in [2.24, 2.45) is 0 Å². The van der Waals surface area contributed by atoms with Crippen LogP contribution >= 0.6 is 23.5 Å². The highest BCUT2D eigenvalue weighted by molar-refractivity contribution is 7.97. The number of fused-ring (bicyclic) bond motifs is 1. The van der Waals surface area contributed by atoms with Crippen LogP contribution in [0.1, 0.15) is 48.0 Å². The molecule has 1 aromatic rings. The Bertz CT molecular complexity index is 723. The van der Waals surface area contributed by atoms with E-state index in [0.29, 0.717) is 5.02 Å². The largest absolute Gasteiger partial charge is 0.461 e. The summed E-state index contributed by atoms with van der Waals surface area (Å²) in [6.07, 6.45) is 1.97. The third kappa shape index (κ3) is 7.72. The first kappa shape index (κ1) is 25.6. The average molecular weight is 447 g/mol. The molecule has 8 heteroatoms. The summed E-state index contributed by atoms with van der Waals surface area (Å²) < 4.78 is 25.7. The van der Waals surface area contributed by atoms with Gasteiger partial charge in [-0.15, -0.1) is 0 Å². The Kier molecular flexibility index (Phi) is 10.3. The molecule has 29 heavy (non-hydrogen) atoms. The first-order valence-electron chi connectivity index (χ1n) is 9.74. The van der Waals surface area contributed by atoms with E-state index in [2.05, 4.69) is 48.6 Å². The monoisotopic (exact) mass is 446 g/mol. The summed E-state index contributed by atoms with van der Waals surface area (Å²) in [5, 5.41) is 0.344. The molecular weight excluding hydrogens is 415 g/mol. The van der Waals surface area contributed by atoms with Crippen molar-refractivity contribution in [1.82, 2.24) is 4.31 Å². The van der Waals surface area contributed by atoms with Gasteiger partial charge in [0, 0.05) is 18.6 Å². The van der Waals surface area contributed by atoms with E-state index < -0.39 is 11.8 Å². The first-order valence-corrected chi connectivity index (χ1v) is 10.9. The molecule has 0 saturated heterocycles. The Balaban J connectivity index is 0.00000132. The van der Waals surface area contributed by atoms with E-state index in [1.54, 1.807) is 24.9 Å². The minimum absolute atomic E-state index is 0.0812. The molecule has 0 radical (unpaired) electrons. The summed E-state index contributed by atoms with van der Waals surface area (Å²) in [7, 11) is 2.01. The lowest BCUT2D eigenvalue weighted by Gasteiger charge is -2.37. The molecule has 1 aliphatic rings. The fraction of sp³-hybridized carbons (Fsp3) is 0.571. The number of benzene rings is 1. The molecule has 0 N–H and O–H groups in total. The van der Waals surface area contributed by atoms with Crippen molar-refractivity contribution in [3.8, 4) is 5.75 Å². The zero-order valence-corrected chi connectivity index (χ0v) is 19.9. The molecule has 0 aromatic heterocycles. The summed E-state index contributed by atoms with van der Waals surface area (Å²) in [4.78, 5) is 14.6. The number of anilines is 1. The summed E-state index contributed by atoms with van der Waals surface area (Å²) in [5.74, 6) is -1.90. The Hall–Kier alpha value is -1.44. The third-order valence-corrected chi connectivity index (χ3v) is 5.08. The van der Waals surface area contributed by atoms with Gasteiger partial charge in [0.2, 0.25) is 5.83 Å². The van der Waals surface area contributed by atoms with Gasteiger partial charge in [0.25, 0.3) is 0 Å². The molecule has 0 aliphatic carbocycles. The van der Waals surface area contributed by atoms with Crippen LogP contribution in [0.4, 0.5) is 10.1 Å². The molecule has 2 rings (SSSR count). The third-order valence-electron chi connectivity index (χ3n) is 3.77. The standard InChI is InChI=1S/C18H24ClFN2O3S.C3H8/c1-6-24-17(23)13(20)11-25-15-10-16-14(9-12(15)19)22(18(2,3)4)8-7-21(5)26-16;1-3-2/h9-11H,6-8H2,1-5H3;3H2,1-2H3/b13-11-;. The minimum Gasteiger partial charge on any atom is -0.461 e. The van der Waals surface area contributed by atoms with Gasteiger partial charge in [-0.05, 0) is 58.8 Å². The predicted octanol–water partition coefficient (Wildman–Crippen LogP) is 6.07. The SMILES string of the molecule is CCC.CCOC(=O)/C(F)=C/Oc1cc2c(cc1Cl)N(C(C)(C)C)CCN(C)S2. The van der Waals surface area contributed by atoms with E-state index in [4.69, 9.17) is 16.3 Å². The molecule has 0 fully saturated rings. The second-order valence-corrected chi connectivity index (χ2v) is 9.18. The highest BCUT2D eigenvalue weighted by atomic mass is 35.5. The van der Waals surface area contributed by atoms with E-state index in [-0.39, 0.29) is 17.9 Å². The van der Waals surface area contributed by atoms with Gasteiger partial charge < -0.3 is 14.4 Å². The van der Waals surface area contributed by atoms with Gasteiger partial charge in [0.05, 0.1) is 22.2 Å². The molecule has 0 atom stereocenters. The van der Waals surface area contributed by atoms with E-state index in [0.717, 1.165) is 29.9 Å². The molecule has 0 amide bonds. The molecule has 1 heterocycles. The number of halogens is 2. The van der Waals surface area contributed by atoms with Crippen LogP contribution in [0.3, 0.4) is 0 Å². The lowest BCUT2D eigenvalue weighted by Crippen LogP contribution is -2.43. The lowest BCUT2D eigenvalue weighted by atomic mass is 10.0. The van der Waals surface area contributed by atoms with Gasteiger partial charge in [-0.2, -0.15) is 4.39 Å². The van der Waals surface area contributed by atoms with Crippen molar-refractivity contribution in [2.75, 3.05) is 31.6 Å². The number of esters is 1. The number of carbonyl (C=O) groups excluding carboxylic acids is 1. The summed E-state index contributed by atoms with van der Waals surface area (Å²) in [5.41, 5.74) is 0.918. The predicted molar refractivity (Wildman–Crippen MR) is 119 cm³/mol. The zero-order valence-electron chi connectivity index (χ0n) is 18.3. The average Bonchev–Trinajstić information content (AvgIpc) is 2.78. The quantitative estimate of drug-likeness (QED) is 0.242. The molecule has 0 unspecified atom stereocenters. The van der Waals surface area contributed by atoms with Crippen molar-refractivity contribution >= 4 is 35.2 Å². The van der Waals surface area contributed by atoms with Crippen molar-refractivity contribution in [3.63, 3.8) is 0 Å². The van der Waals surface area contributed by atoms with Crippen LogP contribution in [0.15, 0.2) is 29.1 Å². The van der Waals surface area contributed by atoms with E-state index >= 15 is 0 Å². The number of likely N-dealkylation sites (N-methyl/N-ethyl adjacent to an activating group) is 1. The topological polar surface area (TPSA) is 42.0 Å². The molecule has 0 spiro atoms. The molecular formula is C21H32ClFN2O3S. The minimum atomic E-state index is -1.11. The lowest BCUT2D eigenvalue weighted by molar-refractivity contribution is -0.140. The fourth-order valence-corrected chi connectivity index (χ4v) is 3.67. The molecule has 164 valence electrons. The van der Waals surface area contributed by atoms with Gasteiger partial charge in [-0.25, -0.2) is 9.10 Å². The van der Waals surface area contributed by atoms with Gasteiger partial charge in [0.1, 0.15) is 12.0 Å². The smallest absolute Gasteiger partial charge is 0.370 e. The fourth-order valence-electron chi connectivity index (χ4n) is 2.53. The Morgan fingerprint density at radius 2 is 1.90 bits per heavy atom. The normalized spacial score (nSPS) is 15.1. The number of hydrogen-bond acceptors (Lipinski definition) is 6. The maximum atomic E-state index is 13.7. The van der Waals surface area contributed by atoms with Gasteiger partial charge >= 0.3 is 5.97 Å². The van der Waals surface area contributed by atoms with E-state index in [1.165, 1.54) is 6.42 Å². The maximum absolute atomic E-state index is 13.7. The van der Waals surface area contributed by atoms with Crippen LogP contribution in [0.5, 0.6) is 5.75 Å². The summed E-state index contributed by atoms with van der Waals surface area (Å²) in [6, 6.07) is 3.58. The number of hydrogen-bond donors (Lipinski definition) is 0. The molecule has 0 bridgehead atoms. The Labute approximate surface area is 183 Å². The van der Waals surface area contributed by atoms with Crippen LogP contribution in [0.2, 0.25) is 5.02 Å². The van der Waals surface area contributed by atoms with E-state index in [9.17, 15) is 9.18 Å². The van der Waals surface area contributed by atoms with Crippen LogP contribution < -0.4 is 9.64 Å². The number of rotatable bonds is 4. The zero-order chi connectivity index (χ0) is 22.2. The van der Waals surface area contributed by atoms with Gasteiger partial charge in [-0.3, -0.25) is 0 Å². The van der Waals surface area contributed by atoms with Gasteiger partial charge in [-0.1, -0.05) is 31.9 Å². The summed E-state index contributed by atoms with van der Waals surface area (Å²) >= 11 is 7.92. The van der Waals surface area contributed by atoms with Crippen LogP contribution in [0, 0.1) is 0 Å². The second kappa shape index (κ2) is 11.7. The second-order valence-electron chi connectivity index (χ2n) is 7.53. The number of carbonyl (C=O) groups is 1. The van der Waals surface area contributed by atoms with Crippen molar-refractivity contribution in [3.05, 3.63) is 29.2 Å². The van der Waals surface area contributed by atoms with Crippen molar-refractivity contribution < 1.29 is 18.7 Å². The molecule has 0 saturated carbocycles. The first-order chi connectivity index (χ1) is 13.5. The Morgan fingerprint density at radius 1 is 1.28 bits per heavy atom. The van der Waals surface area contributed by atoms with E-state index in [1.807, 2.05) is 13.1 Å². The molecule has 5 nitrogen and oxygen atoms in total. The molecule has 1 aromatic carbocycles. The maximum Gasteiger partial charge on any atom is 0.370 e. The van der Waals surface area contributed by atoms with Crippen molar-refractivity contribution in [1.29, 1.82) is 0 Å². The highest BCUT2D eigenvalue weighted by Gasteiger charge is 2.28. The number of nitrogens with zero attached hydrogens (tertiary/aromatic N) is 2. The summed E-state index contributed by atoms with van der Waals surface area (Å²) in [6.45, 7) is 14.1. The van der Waals surface area contributed by atoms with Crippen molar-refractivity contribution in [2.45, 2.75) is 58.4 Å². The van der Waals surface area contributed by atoms with Gasteiger partial charge in [0.15, 0.2) is 0 Å². The molecule has 1 aliphatic heterocycles.